The van der Waals surface area contributed by atoms with E-state index in [-0.39, 0.29) is 0 Å². The van der Waals surface area contributed by atoms with Gasteiger partial charge in [-0.2, -0.15) is 4.98 Å². The highest BCUT2D eigenvalue weighted by Gasteiger charge is 2.24. The van der Waals surface area contributed by atoms with E-state index in [1.54, 1.807) is 6.20 Å². The molecule has 5 nitrogen and oxygen atoms in total. The Morgan fingerprint density at radius 3 is 2.72 bits per heavy atom. The van der Waals surface area contributed by atoms with Gasteiger partial charge in [0.1, 0.15) is 5.69 Å². The van der Waals surface area contributed by atoms with E-state index in [1.807, 2.05) is 18.2 Å². The SMILES string of the molecule is CCCCCC1CCC(N(C)Cc2nc(-c3ccccn3)no2)CC1. The summed E-state index contributed by atoms with van der Waals surface area (Å²) >= 11 is 0. The highest BCUT2D eigenvalue weighted by Crippen LogP contribution is 2.31. The van der Waals surface area contributed by atoms with Crippen molar-refractivity contribution in [3.05, 3.63) is 30.3 Å². The molecule has 0 aromatic carbocycles. The quantitative estimate of drug-likeness (QED) is 0.651. The second kappa shape index (κ2) is 9.09. The minimum absolute atomic E-state index is 0.573. The maximum absolute atomic E-state index is 5.42. The highest BCUT2D eigenvalue weighted by atomic mass is 16.5. The second-order valence-electron chi connectivity index (χ2n) is 7.31. The lowest BCUT2D eigenvalue weighted by molar-refractivity contribution is 0.141. The minimum Gasteiger partial charge on any atom is -0.337 e. The molecule has 0 unspecified atom stereocenters. The van der Waals surface area contributed by atoms with E-state index in [1.165, 1.54) is 51.4 Å². The van der Waals surface area contributed by atoms with E-state index >= 15 is 0 Å². The van der Waals surface area contributed by atoms with Crippen LogP contribution < -0.4 is 0 Å². The van der Waals surface area contributed by atoms with Crippen molar-refractivity contribution in [2.75, 3.05) is 7.05 Å². The molecule has 0 radical (unpaired) electrons. The predicted molar refractivity (Wildman–Crippen MR) is 98.9 cm³/mol. The topological polar surface area (TPSA) is 55.1 Å². The first-order chi connectivity index (χ1) is 12.3. The maximum atomic E-state index is 5.42. The van der Waals surface area contributed by atoms with Crippen molar-refractivity contribution in [2.24, 2.45) is 5.92 Å². The smallest absolute Gasteiger partial charge is 0.241 e. The van der Waals surface area contributed by atoms with Crippen LogP contribution in [-0.4, -0.2) is 33.1 Å². The normalized spacial score (nSPS) is 20.9. The zero-order valence-electron chi connectivity index (χ0n) is 15.5. The minimum atomic E-state index is 0.573. The third-order valence-corrected chi connectivity index (χ3v) is 5.40. The van der Waals surface area contributed by atoms with Crippen LogP contribution in [0.1, 0.15) is 64.2 Å². The van der Waals surface area contributed by atoms with Crippen LogP contribution >= 0.6 is 0 Å². The summed E-state index contributed by atoms with van der Waals surface area (Å²) in [6.45, 7) is 2.99. The molecule has 1 fully saturated rings. The molecule has 2 aromatic heterocycles. The first-order valence-electron chi connectivity index (χ1n) is 9.70. The van der Waals surface area contributed by atoms with Gasteiger partial charge in [0.25, 0.3) is 0 Å². The van der Waals surface area contributed by atoms with Crippen LogP contribution in [0.2, 0.25) is 0 Å². The van der Waals surface area contributed by atoms with Gasteiger partial charge in [0.15, 0.2) is 0 Å². The summed E-state index contributed by atoms with van der Waals surface area (Å²) in [4.78, 5) is 11.1. The van der Waals surface area contributed by atoms with Gasteiger partial charge >= 0.3 is 0 Å². The van der Waals surface area contributed by atoms with Crippen LogP contribution in [0.25, 0.3) is 11.5 Å². The molecule has 0 atom stereocenters. The Balaban J connectivity index is 1.47. The molecular weight excluding hydrogens is 312 g/mol. The van der Waals surface area contributed by atoms with Crippen molar-refractivity contribution in [3.8, 4) is 11.5 Å². The number of unbranched alkanes of at least 4 members (excludes halogenated alkanes) is 2. The van der Waals surface area contributed by atoms with Gasteiger partial charge in [-0.3, -0.25) is 9.88 Å². The molecule has 2 heterocycles. The van der Waals surface area contributed by atoms with Crippen molar-refractivity contribution in [1.29, 1.82) is 0 Å². The Morgan fingerprint density at radius 2 is 2.00 bits per heavy atom. The number of rotatable bonds is 8. The van der Waals surface area contributed by atoms with Crippen molar-refractivity contribution in [2.45, 2.75) is 70.9 Å². The van der Waals surface area contributed by atoms with E-state index in [2.05, 4.69) is 34.0 Å². The summed E-state index contributed by atoms with van der Waals surface area (Å²) in [5.41, 5.74) is 0.757. The lowest BCUT2D eigenvalue weighted by atomic mass is 9.82. The fourth-order valence-corrected chi connectivity index (χ4v) is 3.82. The average Bonchev–Trinajstić information content (AvgIpc) is 3.12. The first kappa shape index (κ1) is 18.1. The molecular formula is C20H30N4O. The molecule has 0 saturated heterocycles. The van der Waals surface area contributed by atoms with Crippen molar-refractivity contribution < 1.29 is 4.52 Å². The van der Waals surface area contributed by atoms with Crippen LogP contribution in [0, 0.1) is 5.92 Å². The van der Waals surface area contributed by atoms with E-state index < -0.39 is 0 Å². The van der Waals surface area contributed by atoms with Gasteiger partial charge in [-0.25, -0.2) is 0 Å². The molecule has 1 aliphatic carbocycles. The van der Waals surface area contributed by atoms with Crippen molar-refractivity contribution in [1.82, 2.24) is 20.0 Å². The van der Waals surface area contributed by atoms with Gasteiger partial charge < -0.3 is 4.52 Å². The van der Waals surface area contributed by atoms with E-state index in [0.717, 1.165) is 11.6 Å². The molecule has 0 aliphatic heterocycles. The largest absolute Gasteiger partial charge is 0.337 e. The monoisotopic (exact) mass is 342 g/mol. The lowest BCUT2D eigenvalue weighted by Gasteiger charge is -2.34. The van der Waals surface area contributed by atoms with Crippen LogP contribution in [0.5, 0.6) is 0 Å². The molecule has 1 saturated carbocycles. The van der Waals surface area contributed by atoms with Crippen molar-refractivity contribution >= 4 is 0 Å². The lowest BCUT2D eigenvalue weighted by Crippen LogP contribution is -2.34. The van der Waals surface area contributed by atoms with Crippen molar-refractivity contribution in [3.63, 3.8) is 0 Å². The average molecular weight is 342 g/mol. The molecule has 0 spiro atoms. The maximum Gasteiger partial charge on any atom is 0.241 e. The standard InChI is InChI=1S/C20H30N4O/c1-3-4-5-8-16-10-12-17(13-11-16)24(2)15-19-22-20(23-25-19)18-9-6-7-14-21-18/h6-7,9,14,16-17H,3-5,8,10-13,15H2,1-2H3. The van der Waals surface area contributed by atoms with Crippen LogP contribution in [-0.2, 0) is 6.54 Å². The van der Waals surface area contributed by atoms with Crippen LogP contribution in [0.3, 0.4) is 0 Å². The summed E-state index contributed by atoms with van der Waals surface area (Å²) < 4.78 is 5.42. The van der Waals surface area contributed by atoms with Gasteiger partial charge in [-0.15, -0.1) is 0 Å². The second-order valence-corrected chi connectivity index (χ2v) is 7.31. The molecule has 0 amide bonds. The van der Waals surface area contributed by atoms with Gasteiger partial charge in [0.05, 0.1) is 6.54 Å². The van der Waals surface area contributed by atoms with Gasteiger partial charge in [0, 0.05) is 12.2 Å². The predicted octanol–water partition coefficient (Wildman–Crippen LogP) is 4.70. The molecule has 1 aliphatic rings. The summed E-state index contributed by atoms with van der Waals surface area (Å²) in [7, 11) is 2.17. The number of aromatic nitrogens is 3. The molecule has 2 aromatic rings. The number of pyridine rings is 1. The molecule has 25 heavy (non-hydrogen) atoms. The Labute approximate surface area is 150 Å². The molecule has 0 N–H and O–H groups in total. The third-order valence-electron chi connectivity index (χ3n) is 5.40. The van der Waals surface area contributed by atoms with E-state index in [9.17, 15) is 0 Å². The first-order valence-corrected chi connectivity index (χ1v) is 9.70. The highest BCUT2D eigenvalue weighted by molar-refractivity contribution is 5.46. The van der Waals surface area contributed by atoms with Gasteiger partial charge in [-0.1, -0.05) is 43.8 Å². The van der Waals surface area contributed by atoms with E-state index in [4.69, 9.17) is 4.52 Å². The number of nitrogens with zero attached hydrogens (tertiary/aromatic N) is 4. The van der Waals surface area contributed by atoms with Gasteiger partial charge in [0.2, 0.25) is 11.7 Å². The Morgan fingerprint density at radius 1 is 1.16 bits per heavy atom. The zero-order valence-corrected chi connectivity index (χ0v) is 15.5. The number of hydrogen-bond donors (Lipinski definition) is 0. The molecule has 5 heteroatoms. The summed E-state index contributed by atoms with van der Waals surface area (Å²) in [6, 6.07) is 6.35. The fourth-order valence-electron chi connectivity index (χ4n) is 3.82. The van der Waals surface area contributed by atoms with Gasteiger partial charge in [-0.05, 0) is 50.8 Å². The zero-order chi connectivity index (χ0) is 17.5. The Kier molecular flexibility index (Phi) is 6.56. The third kappa shape index (κ3) is 5.11. The summed E-state index contributed by atoms with van der Waals surface area (Å²) in [5, 5.41) is 4.06. The Hall–Kier alpha value is -1.75. The molecule has 136 valence electrons. The van der Waals surface area contributed by atoms with Crippen LogP contribution in [0.15, 0.2) is 28.9 Å². The molecule has 0 bridgehead atoms. The van der Waals surface area contributed by atoms with E-state index in [0.29, 0.717) is 24.3 Å². The number of hydrogen-bond acceptors (Lipinski definition) is 5. The van der Waals surface area contributed by atoms with Crippen LogP contribution in [0.4, 0.5) is 0 Å². The molecule has 3 rings (SSSR count). The summed E-state index contributed by atoms with van der Waals surface area (Å²) in [5.74, 6) is 2.19. The Bertz CT molecular complexity index is 620. The fraction of sp³-hybridized carbons (Fsp3) is 0.650. The summed E-state index contributed by atoms with van der Waals surface area (Å²) in [6.07, 6.45) is 12.6.